The number of amides is 2. The Labute approximate surface area is 226 Å². The summed E-state index contributed by atoms with van der Waals surface area (Å²) in [6.07, 6.45) is 2.39. The Morgan fingerprint density at radius 2 is 1.74 bits per heavy atom. The molecule has 4 aromatic rings. The van der Waals surface area contributed by atoms with Gasteiger partial charge in [-0.15, -0.1) is 0 Å². The predicted molar refractivity (Wildman–Crippen MR) is 141 cm³/mol. The quantitative estimate of drug-likeness (QED) is 0.372. The molecule has 3 heterocycles. The number of nitrogens with two attached hydrogens (primary N) is 1. The molecule has 9 nitrogen and oxygen atoms in total. The maximum Gasteiger partial charge on any atom is 0.257 e. The third kappa shape index (κ3) is 4.61. The second-order valence-electron chi connectivity index (χ2n) is 8.97. The zero-order chi connectivity index (χ0) is 27.2. The number of benzene rings is 2. The van der Waals surface area contributed by atoms with Gasteiger partial charge >= 0.3 is 0 Å². The number of fused-ring (bicyclic) bond motifs is 1. The van der Waals surface area contributed by atoms with Crippen LogP contribution in [0.2, 0.25) is 10.0 Å². The van der Waals surface area contributed by atoms with Gasteiger partial charge in [-0.3, -0.25) is 9.59 Å². The van der Waals surface area contributed by atoms with Gasteiger partial charge in [0, 0.05) is 32.9 Å². The highest BCUT2D eigenvalue weighted by Gasteiger charge is 2.44. The molecule has 38 heavy (non-hydrogen) atoms. The Hall–Kier alpha value is -3.54. The molecule has 0 aliphatic carbocycles. The first-order chi connectivity index (χ1) is 18.0. The van der Waals surface area contributed by atoms with Crippen molar-refractivity contribution in [1.29, 1.82) is 0 Å². The summed E-state index contributed by atoms with van der Waals surface area (Å²) >= 11 is 12.4. The second-order valence-corrected chi connectivity index (χ2v) is 12.1. The van der Waals surface area contributed by atoms with E-state index in [1.807, 2.05) is 0 Å². The highest BCUT2D eigenvalue weighted by molar-refractivity contribution is 7.91. The molecule has 0 atom stereocenters. The number of halogens is 3. The summed E-state index contributed by atoms with van der Waals surface area (Å²) in [5.74, 6) is -2.76. The van der Waals surface area contributed by atoms with E-state index in [-0.39, 0.29) is 51.8 Å². The lowest BCUT2D eigenvalue weighted by molar-refractivity contribution is -0.124. The third-order valence-corrected chi connectivity index (χ3v) is 8.84. The van der Waals surface area contributed by atoms with Gasteiger partial charge in [-0.25, -0.2) is 22.3 Å². The minimum absolute atomic E-state index is 0.0135. The number of carbonyl (C=O) groups excluding carboxylic acids is 2. The second kappa shape index (κ2) is 9.64. The van der Waals surface area contributed by atoms with Gasteiger partial charge in [-0.05, 0) is 37.1 Å². The molecule has 13 heteroatoms. The summed E-state index contributed by atoms with van der Waals surface area (Å²) in [6.45, 7) is 0. The largest absolute Gasteiger partial charge is 0.368 e. The maximum atomic E-state index is 15.2. The Morgan fingerprint density at radius 3 is 2.39 bits per heavy atom. The Bertz CT molecular complexity index is 1710. The molecule has 2 amide bonds. The highest BCUT2D eigenvalue weighted by Crippen LogP contribution is 2.37. The van der Waals surface area contributed by atoms with E-state index >= 15 is 4.39 Å². The van der Waals surface area contributed by atoms with Crippen molar-refractivity contribution in [1.82, 2.24) is 19.9 Å². The van der Waals surface area contributed by atoms with Gasteiger partial charge < -0.3 is 11.1 Å². The summed E-state index contributed by atoms with van der Waals surface area (Å²) in [6, 6.07) is 11.1. The van der Waals surface area contributed by atoms with Gasteiger partial charge in [0.05, 0.1) is 23.4 Å². The van der Waals surface area contributed by atoms with Crippen LogP contribution >= 0.6 is 23.2 Å². The summed E-state index contributed by atoms with van der Waals surface area (Å²) in [4.78, 5) is 30.1. The van der Waals surface area contributed by atoms with Gasteiger partial charge in [0.2, 0.25) is 5.91 Å². The molecule has 1 aliphatic rings. The number of sulfone groups is 1. The molecular weight excluding hydrogens is 556 g/mol. The Kier molecular flexibility index (Phi) is 6.62. The predicted octanol–water partition coefficient (Wildman–Crippen LogP) is 3.67. The van der Waals surface area contributed by atoms with Crippen LogP contribution < -0.4 is 11.1 Å². The number of rotatable bonds is 5. The van der Waals surface area contributed by atoms with Crippen LogP contribution in [-0.4, -0.2) is 51.9 Å². The van der Waals surface area contributed by atoms with Crippen molar-refractivity contribution in [2.75, 3.05) is 11.5 Å². The van der Waals surface area contributed by atoms with Crippen LogP contribution in [0.25, 0.3) is 28.0 Å². The van der Waals surface area contributed by atoms with Crippen molar-refractivity contribution in [3.8, 4) is 22.4 Å². The van der Waals surface area contributed by atoms with Crippen molar-refractivity contribution in [3.63, 3.8) is 0 Å². The minimum atomic E-state index is -3.33. The van der Waals surface area contributed by atoms with Crippen LogP contribution in [0.4, 0.5) is 4.39 Å². The van der Waals surface area contributed by atoms with E-state index in [4.69, 9.17) is 28.9 Å². The van der Waals surface area contributed by atoms with Crippen LogP contribution in [0.3, 0.4) is 0 Å². The fraction of sp³-hybridized carbons (Fsp3) is 0.200. The van der Waals surface area contributed by atoms with E-state index < -0.39 is 33.0 Å². The molecule has 0 bridgehead atoms. The molecule has 3 N–H and O–H groups in total. The summed E-state index contributed by atoms with van der Waals surface area (Å²) in [7, 11) is -3.33. The molecule has 0 spiro atoms. The van der Waals surface area contributed by atoms with E-state index in [0.717, 1.165) is 6.07 Å². The lowest BCUT2D eigenvalue weighted by atomic mass is 9.91. The van der Waals surface area contributed by atoms with Crippen molar-refractivity contribution < 1.29 is 22.4 Å². The lowest BCUT2D eigenvalue weighted by Gasteiger charge is -2.34. The summed E-state index contributed by atoms with van der Waals surface area (Å²) < 4.78 is 40.3. The number of primary amides is 1. The van der Waals surface area contributed by atoms with Crippen LogP contribution in [0.1, 0.15) is 23.2 Å². The topological polar surface area (TPSA) is 137 Å². The Balaban J connectivity index is 1.65. The van der Waals surface area contributed by atoms with E-state index in [1.54, 1.807) is 24.3 Å². The average molecular weight is 576 g/mol. The van der Waals surface area contributed by atoms with Crippen LogP contribution in [-0.2, 0) is 14.6 Å². The number of aromatic nitrogens is 3. The van der Waals surface area contributed by atoms with E-state index in [9.17, 15) is 18.0 Å². The van der Waals surface area contributed by atoms with Gasteiger partial charge in [0.1, 0.15) is 16.9 Å². The monoisotopic (exact) mass is 575 g/mol. The van der Waals surface area contributed by atoms with E-state index in [0.29, 0.717) is 16.1 Å². The summed E-state index contributed by atoms with van der Waals surface area (Å²) in [5.41, 5.74) is 5.52. The average Bonchev–Trinajstić information content (AvgIpc) is 3.30. The molecule has 196 valence electrons. The van der Waals surface area contributed by atoms with Gasteiger partial charge in [-0.2, -0.15) is 5.10 Å². The third-order valence-electron chi connectivity index (χ3n) is 6.63. The van der Waals surface area contributed by atoms with Crippen molar-refractivity contribution >= 4 is 50.5 Å². The molecule has 1 fully saturated rings. The van der Waals surface area contributed by atoms with Gasteiger partial charge in [-0.1, -0.05) is 41.4 Å². The normalized spacial score (nSPS) is 16.3. The standard InChI is InChI=1S/C25H20Cl2FN5O4S/c26-14-5-6-16(20(28)11-14)21-17(15-3-1-2-4-19(15)27)12-30-22-18(13-31-33(21)22)23(34)32-25(24(29)35)7-9-38(36,37)10-8-25/h1-6,11-13H,7-10H2,(H2,29,35)(H,32,34). The maximum absolute atomic E-state index is 15.2. The van der Waals surface area contributed by atoms with Gasteiger partial charge in [0.15, 0.2) is 15.5 Å². The first kappa shape index (κ1) is 26.1. The highest BCUT2D eigenvalue weighted by atomic mass is 35.5. The van der Waals surface area contributed by atoms with E-state index in [2.05, 4.69) is 15.4 Å². The van der Waals surface area contributed by atoms with Crippen molar-refractivity contribution in [3.05, 3.63) is 76.3 Å². The van der Waals surface area contributed by atoms with Crippen LogP contribution in [0.5, 0.6) is 0 Å². The number of hydrogen-bond acceptors (Lipinski definition) is 6. The zero-order valence-electron chi connectivity index (χ0n) is 19.6. The molecule has 0 unspecified atom stereocenters. The number of nitrogens with one attached hydrogen (secondary N) is 1. The van der Waals surface area contributed by atoms with E-state index in [1.165, 1.54) is 29.0 Å². The molecule has 1 saturated heterocycles. The smallest absolute Gasteiger partial charge is 0.257 e. The zero-order valence-corrected chi connectivity index (χ0v) is 21.9. The molecule has 5 rings (SSSR count). The van der Waals surface area contributed by atoms with Gasteiger partial charge in [0.25, 0.3) is 5.91 Å². The molecule has 0 saturated carbocycles. The molecule has 2 aromatic carbocycles. The SMILES string of the molecule is NC(=O)C1(NC(=O)c2cnn3c(-c4ccc(Cl)cc4F)c(-c4ccccc4Cl)cnc23)CCS(=O)(=O)CC1. The molecule has 2 aromatic heterocycles. The van der Waals surface area contributed by atoms with Crippen LogP contribution in [0.15, 0.2) is 54.9 Å². The molecular formula is C25H20Cl2FN5O4S. The Morgan fingerprint density at radius 1 is 1.03 bits per heavy atom. The first-order valence-electron chi connectivity index (χ1n) is 11.4. The van der Waals surface area contributed by atoms with Crippen LogP contribution in [0, 0.1) is 5.82 Å². The fourth-order valence-corrected chi connectivity index (χ4v) is 6.43. The molecule has 1 aliphatic heterocycles. The minimum Gasteiger partial charge on any atom is -0.368 e. The van der Waals surface area contributed by atoms with Crippen molar-refractivity contribution in [2.45, 2.75) is 18.4 Å². The first-order valence-corrected chi connectivity index (χ1v) is 14.0. The fourth-order valence-electron chi connectivity index (χ4n) is 4.51. The lowest BCUT2D eigenvalue weighted by Crippen LogP contribution is -2.60. The number of hydrogen-bond donors (Lipinski definition) is 2. The number of nitrogens with zero attached hydrogens (tertiary/aromatic N) is 3. The van der Waals surface area contributed by atoms with Crippen molar-refractivity contribution in [2.24, 2.45) is 5.73 Å². The molecule has 0 radical (unpaired) electrons. The number of carbonyl (C=O) groups is 2. The summed E-state index contributed by atoms with van der Waals surface area (Å²) in [5, 5.41) is 7.52.